The van der Waals surface area contributed by atoms with Crippen LogP contribution in [0, 0.1) is 13.8 Å². The maximum atomic E-state index is 5.31. The van der Waals surface area contributed by atoms with E-state index in [4.69, 9.17) is 9.72 Å². The Hall–Kier alpha value is -2.29. The van der Waals surface area contributed by atoms with Crippen molar-refractivity contribution in [3.8, 4) is 11.3 Å². The molecule has 0 aromatic carbocycles. The summed E-state index contributed by atoms with van der Waals surface area (Å²) in [7, 11) is 0. The van der Waals surface area contributed by atoms with Gasteiger partial charge in [0.05, 0.1) is 30.0 Å². The number of nitrogens with one attached hydrogen (secondary N) is 2. The molecule has 1 saturated heterocycles. The third-order valence-electron chi connectivity index (χ3n) is 7.57. The molecule has 1 saturated carbocycles. The number of thiazole rings is 1. The van der Waals surface area contributed by atoms with Crippen LogP contribution < -0.4 is 5.32 Å². The molecule has 4 aromatic rings. The summed E-state index contributed by atoms with van der Waals surface area (Å²) in [4.78, 5) is 14.6. The summed E-state index contributed by atoms with van der Waals surface area (Å²) < 4.78 is 7.20. The minimum atomic E-state index is 0.375. The van der Waals surface area contributed by atoms with Gasteiger partial charge in [0.15, 0.2) is 5.65 Å². The first-order valence-corrected chi connectivity index (χ1v) is 13.0. The van der Waals surface area contributed by atoms with E-state index in [0.717, 1.165) is 24.4 Å². The molecular formula is C25H32N6OS. The normalized spacial score (nSPS) is 22.0. The SMILES string of the molecule is Cc1c(-c2[nH]c3sc(C4CCC(NC5COC5)CC4)nc3c2C(C)C)cn2ncnc2c1C. The van der Waals surface area contributed by atoms with Crippen molar-refractivity contribution < 1.29 is 4.74 Å². The zero-order valence-corrected chi connectivity index (χ0v) is 20.6. The van der Waals surface area contributed by atoms with Gasteiger partial charge < -0.3 is 15.0 Å². The van der Waals surface area contributed by atoms with Crippen LogP contribution in [0.3, 0.4) is 0 Å². The highest BCUT2D eigenvalue weighted by atomic mass is 32.1. The standard InChI is InChI=1S/C25H32N6OS/c1-13(2)20-21(19-9-31-23(26-12-27-31)15(4)14(19)3)29-25-22(20)30-24(33-25)16-5-7-17(8-6-16)28-18-10-32-11-18/h9,12-13,16-18,28-29H,5-8,10-11H2,1-4H3. The van der Waals surface area contributed by atoms with Crippen LogP contribution >= 0.6 is 11.3 Å². The molecule has 5 heterocycles. The summed E-state index contributed by atoms with van der Waals surface area (Å²) in [6, 6.07) is 1.20. The molecule has 1 aliphatic carbocycles. The van der Waals surface area contributed by atoms with Gasteiger partial charge in [0.25, 0.3) is 0 Å². The summed E-state index contributed by atoms with van der Waals surface area (Å²) in [5.74, 6) is 0.949. The van der Waals surface area contributed by atoms with Gasteiger partial charge in [-0.3, -0.25) is 0 Å². The second kappa shape index (κ2) is 8.18. The Bertz CT molecular complexity index is 1310. The Labute approximate surface area is 198 Å². The van der Waals surface area contributed by atoms with Crippen LogP contribution in [0.25, 0.3) is 27.3 Å². The highest BCUT2D eigenvalue weighted by molar-refractivity contribution is 7.18. The number of pyridine rings is 1. The van der Waals surface area contributed by atoms with Crippen LogP contribution in [0.2, 0.25) is 0 Å². The molecule has 0 bridgehead atoms. The van der Waals surface area contributed by atoms with Gasteiger partial charge >= 0.3 is 0 Å². The fourth-order valence-electron chi connectivity index (χ4n) is 5.48. The Morgan fingerprint density at radius 3 is 2.61 bits per heavy atom. The van der Waals surface area contributed by atoms with Crippen LogP contribution in [0.1, 0.15) is 73.1 Å². The minimum Gasteiger partial charge on any atom is -0.378 e. The van der Waals surface area contributed by atoms with Gasteiger partial charge in [-0.25, -0.2) is 14.5 Å². The first-order valence-electron chi connectivity index (χ1n) is 12.2. The number of ether oxygens (including phenoxy) is 1. The molecule has 0 atom stereocenters. The fourth-order valence-corrected chi connectivity index (χ4v) is 6.63. The predicted octanol–water partition coefficient (Wildman–Crippen LogP) is 5.09. The zero-order chi connectivity index (χ0) is 22.7. The summed E-state index contributed by atoms with van der Waals surface area (Å²) in [5, 5.41) is 9.46. The second-order valence-corrected chi connectivity index (χ2v) is 11.1. The number of aromatic amines is 1. The van der Waals surface area contributed by atoms with E-state index in [1.807, 2.05) is 15.9 Å². The number of aromatic nitrogens is 5. The molecule has 6 rings (SSSR count). The van der Waals surface area contributed by atoms with Gasteiger partial charge in [0, 0.05) is 29.3 Å². The van der Waals surface area contributed by atoms with Crippen LogP contribution in [-0.2, 0) is 4.74 Å². The number of rotatable bonds is 5. The molecule has 0 unspecified atom stereocenters. The van der Waals surface area contributed by atoms with Crippen molar-refractivity contribution in [3.05, 3.63) is 34.2 Å². The molecule has 1 aliphatic heterocycles. The van der Waals surface area contributed by atoms with Crippen LogP contribution in [-0.4, -0.2) is 49.9 Å². The summed E-state index contributed by atoms with van der Waals surface area (Å²) in [6.07, 6.45) is 8.62. The molecule has 174 valence electrons. The van der Waals surface area contributed by atoms with E-state index >= 15 is 0 Å². The molecule has 2 N–H and O–H groups in total. The molecule has 7 nitrogen and oxygen atoms in total. The summed E-state index contributed by atoms with van der Waals surface area (Å²) in [6.45, 7) is 10.6. The molecular weight excluding hydrogens is 432 g/mol. The maximum absolute atomic E-state index is 5.31. The molecule has 4 aromatic heterocycles. The molecule has 0 amide bonds. The predicted molar refractivity (Wildman–Crippen MR) is 132 cm³/mol. The zero-order valence-electron chi connectivity index (χ0n) is 19.8. The van der Waals surface area contributed by atoms with Crippen molar-refractivity contribution in [1.29, 1.82) is 0 Å². The third kappa shape index (κ3) is 3.59. The number of hydrogen-bond donors (Lipinski definition) is 2. The molecule has 2 fully saturated rings. The van der Waals surface area contributed by atoms with Crippen molar-refractivity contribution in [2.75, 3.05) is 13.2 Å². The molecule has 0 spiro atoms. The lowest BCUT2D eigenvalue weighted by molar-refractivity contribution is -0.0121. The number of fused-ring (bicyclic) bond motifs is 2. The van der Waals surface area contributed by atoms with Gasteiger partial charge in [0.2, 0.25) is 0 Å². The average Bonchev–Trinajstić information content (AvgIpc) is 3.47. The number of nitrogens with zero attached hydrogens (tertiary/aromatic N) is 4. The van der Waals surface area contributed by atoms with Crippen molar-refractivity contribution >= 4 is 27.3 Å². The van der Waals surface area contributed by atoms with Gasteiger partial charge in [0.1, 0.15) is 16.7 Å². The van der Waals surface area contributed by atoms with Crippen LogP contribution in [0.15, 0.2) is 12.5 Å². The number of H-pyrrole nitrogens is 1. The minimum absolute atomic E-state index is 0.375. The lowest BCUT2D eigenvalue weighted by Crippen LogP contribution is -2.51. The third-order valence-corrected chi connectivity index (χ3v) is 8.70. The van der Waals surface area contributed by atoms with Crippen LogP contribution in [0.5, 0.6) is 0 Å². The van der Waals surface area contributed by atoms with Crippen molar-refractivity contribution in [1.82, 2.24) is 29.9 Å². The smallest absolute Gasteiger partial charge is 0.158 e. The summed E-state index contributed by atoms with van der Waals surface area (Å²) in [5.41, 5.74) is 8.18. The first-order chi connectivity index (χ1) is 16.0. The Kier molecular flexibility index (Phi) is 5.27. The second-order valence-electron chi connectivity index (χ2n) is 10.1. The van der Waals surface area contributed by atoms with E-state index in [0.29, 0.717) is 23.9 Å². The van der Waals surface area contributed by atoms with Crippen molar-refractivity contribution in [2.24, 2.45) is 0 Å². The molecule has 2 aliphatic rings. The van der Waals surface area contributed by atoms with E-state index < -0.39 is 0 Å². The first kappa shape index (κ1) is 21.3. The maximum Gasteiger partial charge on any atom is 0.158 e. The monoisotopic (exact) mass is 464 g/mol. The average molecular weight is 465 g/mol. The van der Waals surface area contributed by atoms with Crippen molar-refractivity contribution in [2.45, 2.75) is 77.3 Å². The van der Waals surface area contributed by atoms with E-state index in [1.165, 1.54) is 63.5 Å². The van der Waals surface area contributed by atoms with E-state index in [9.17, 15) is 0 Å². The highest BCUT2D eigenvalue weighted by Crippen LogP contribution is 2.43. The van der Waals surface area contributed by atoms with E-state index in [-0.39, 0.29) is 0 Å². The van der Waals surface area contributed by atoms with Gasteiger partial charge in [-0.15, -0.1) is 11.3 Å². The highest BCUT2D eigenvalue weighted by Gasteiger charge is 2.29. The largest absolute Gasteiger partial charge is 0.378 e. The lowest BCUT2D eigenvalue weighted by Gasteiger charge is -2.35. The van der Waals surface area contributed by atoms with E-state index in [1.54, 1.807) is 6.33 Å². The quantitative estimate of drug-likeness (QED) is 0.430. The topological polar surface area (TPSA) is 80.1 Å². The fraction of sp³-hybridized carbons (Fsp3) is 0.560. The molecule has 8 heteroatoms. The van der Waals surface area contributed by atoms with Gasteiger partial charge in [-0.1, -0.05) is 13.8 Å². The summed E-state index contributed by atoms with van der Waals surface area (Å²) >= 11 is 1.86. The van der Waals surface area contributed by atoms with Crippen LogP contribution in [0.4, 0.5) is 0 Å². The van der Waals surface area contributed by atoms with Gasteiger partial charge in [-0.05, 0) is 56.6 Å². The van der Waals surface area contributed by atoms with E-state index in [2.05, 4.69) is 54.3 Å². The Morgan fingerprint density at radius 2 is 1.91 bits per heavy atom. The Balaban J connectivity index is 1.32. The molecule has 0 radical (unpaired) electrons. The number of aryl methyl sites for hydroxylation is 1. The van der Waals surface area contributed by atoms with Crippen molar-refractivity contribution in [3.63, 3.8) is 0 Å². The lowest BCUT2D eigenvalue weighted by atomic mass is 9.86. The number of hydrogen-bond acceptors (Lipinski definition) is 6. The Morgan fingerprint density at radius 1 is 1.12 bits per heavy atom. The van der Waals surface area contributed by atoms with Gasteiger partial charge in [-0.2, -0.15) is 5.10 Å². The molecule has 33 heavy (non-hydrogen) atoms.